The summed E-state index contributed by atoms with van der Waals surface area (Å²) < 4.78 is 0. The Morgan fingerprint density at radius 2 is 2.22 bits per heavy atom. The van der Waals surface area contributed by atoms with Crippen LogP contribution < -0.4 is 10.6 Å². The molecule has 0 saturated carbocycles. The van der Waals surface area contributed by atoms with E-state index in [1.165, 1.54) is 4.88 Å². The molecule has 0 amide bonds. The van der Waals surface area contributed by atoms with Crippen LogP contribution in [0, 0.1) is 0 Å². The van der Waals surface area contributed by atoms with Crippen molar-refractivity contribution in [2.45, 2.75) is 26.3 Å². The molecule has 2 rings (SSSR count). The van der Waals surface area contributed by atoms with Crippen LogP contribution in [0.5, 0.6) is 0 Å². The van der Waals surface area contributed by atoms with Gasteiger partial charge in [-0.15, -0.1) is 11.3 Å². The number of aryl methyl sites for hydroxylation is 1. The van der Waals surface area contributed by atoms with E-state index in [0.717, 1.165) is 22.5 Å². The number of nitrogens with one attached hydrogen (secondary N) is 2. The number of hydrogen-bond acceptors (Lipinski definition) is 6. The van der Waals surface area contributed by atoms with Crippen LogP contribution in [0.15, 0.2) is 6.07 Å². The standard InChI is InChI=1S/C12H18N4OS/c1-4-8-5-9-10(14-7(2)6-17)15-12(13-3)16-11(9)18-8/h5,7,17H,4,6H2,1-3H3,(H2,13,14,15,16). The minimum atomic E-state index is -0.0298. The first kappa shape index (κ1) is 13.0. The fraction of sp³-hybridized carbons (Fsp3) is 0.500. The zero-order chi connectivity index (χ0) is 13.1. The molecule has 18 heavy (non-hydrogen) atoms. The Bertz CT molecular complexity index is 540. The van der Waals surface area contributed by atoms with Crippen molar-refractivity contribution in [3.8, 4) is 0 Å². The number of hydrogen-bond donors (Lipinski definition) is 3. The number of aliphatic hydroxyl groups excluding tert-OH is 1. The molecule has 6 heteroatoms. The molecule has 0 saturated heterocycles. The molecule has 98 valence electrons. The van der Waals surface area contributed by atoms with Gasteiger partial charge in [-0.25, -0.2) is 4.98 Å². The van der Waals surface area contributed by atoms with E-state index in [-0.39, 0.29) is 12.6 Å². The van der Waals surface area contributed by atoms with Crippen LogP contribution in [0.1, 0.15) is 18.7 Å². The van der Waals surface area contributed by atoms with Gasteiger partial charge in [-0.2, -0.15) is 4.98 Å². The van der Waals surface area contributed by atoms with Crippen LogP contribution >= 0.6 is 11.3 Å². The van der Waals surface area contributed by atoms with E-state index in [2.05, 4.69) is 33.6 Å². The van der Waals surface area contributed by atoms with Crippen molar-refractivity contribution in [3.05, 3.63) is 10.9 Å². The maximum absolute atomic E-state index is 9.13. The number of aliphatic hydroxyl groups is 1. The van der Waals surface area contributed by atoms with Gasteiger partial charge < -0.3 is 15.7 Å². The van der Waals surface area contributed by atoms with E-state index in [0.29, 0.717) is 5.95 Å². The molecule has 0 aromatic carbocycles. The largest absolute Gasteiger partial charge is 0.394 e. The minimum Gasteiger partial charge on any atom is -0.394 e. The Hall–Kier alpha value is -1.40. The second-order valence-electron chi connectivity index (χ2n) is 4.16. The molecule has 0 aliphatic carbocycles. The average Bonchev–Trinajstić information content (AvgIpc) is 2.81. The first-order valence-electron chi connectivity index (χ1n) is 6.03. The summed E-state index contributed by atoms with van der Waals surface area (Å²) in [5.41, 5.74) is 0. The van der Waals surface area contributed by atoms with Gasteiger partial charge in [0.25, 0.3) is 0 Å². The Kier molecular flexibility index (Phi) is 3.98. The molecule has 1 atom stereocenters. The van der Waals surface area contributed by atoms with Crippen LogP contribution in [-0.4, -0.2) is 34.8 Å². The lowest BCUT2D eigenvalue weighted by atomic mass is 10.3. The summed E-state index contributed by atoms with van der Waals surface area (Å²) in [5.74, 6) is 1.38. The van der Waals surface area contributed by atoms with Gasteiger partial charge in [0.2, 0.25) is 5.95 Å². The van der Waals surface area contributed by atoms with Gasteiger partial charge in [-0.05, 0) is 19.4 Å². The zero-order valence-corrected chi connectivity index (χ0v) is 11.6. The Morgan fingerprint density at radius 1 is 1.44 bits per heavy atom. The molecule has 2 aromatic rings. The van der Waals surface area contributed by atoms with E-state index in [1.807, 2.05) is 6.92 Å². The normalized spacial score (nSPS) is 12.7. The highest BCUT2D eigenvalue weighted by Crippen LogP contribution is 2.30. The molecule has 2 aromatic heterocycles. The maximum atomic E-state index is 9.13. The zero-order valence-electron chi connectivity index (χ0n) is 10.8. The monoisotopic (exact) mass is 266 g/mol. The van der Waals surface area contributed by atoms with Gasteiger partial charge in [-0.3, -0.25) is 0 Å². The summed E-state index contributed by atoms with van der Waals surface area (Å²) in [7, 11) is 1.80. The third-order valence-corrected chi connectivity index (χ3v) is 3.85. The lowest BCUT2D eigenvalue weighted by molar-refractivity contribution is 0.281. The summed E-state index contributed by atoms with van der Waals surface area (Å²) in [5, 5.41) is 16.3. The van der Waals surface area contributed by atoms with Gasteiger partial charge in [0.05, 0.1) is 12.0 Å². The molecular formula is C12H18N4OS. The molecule has 0 radical (unpaired) electrons. The van der Waals surface area contributed by atoms with Crippen LogP contribution in [0.2, 0.25) is 0 Å². The van der Waals surface area contributed by atoms with Crippen molar-refractivity contribution in [2.24, 2.45) is 0 Å². The van der Waals surface area contributed by atoms with Gasteiger partial charge >= 0.3 is 0 Å². The van der Waals surface area contributed by atoms with Gasteiger partial charge in [0.1, 0.15) is 10.6 Å². The fourth-order valence-corrected chi connectivity index (χ4v) is 2.61. The molecule has 0 aliphatic rings. The molecule has 0 fully saturated rings. The highest BCUT2D eigenvalue weighted by molar-refractivity contribution is 7.18. The van der Waals surface area contributed by atoms with Crippen LogP contribution in [-0.2, 0) is 6.42 Å². The first-order valence-corrected chi connectivity index (χ1v) is 6.85. The molecule has 1 unspecified atom stereocenters. The number of anilines is 2. The lowest BCUT2D eigenvalue weighted by Gasteiger charge is -2.13. The van der Waals surface area contributed by atoms with Crippen molar-refractivity contribution in [2.75, 3.05) is 24.3 Å². The summed E-state index contributed by atoms with van der Waals surface area (Å²) in [6.45, 7) is 4.12. The quantitative estimate of drug-likeness (QED) is 0.773. The summed E-state index contributed by atoms with van der Waals surface area (Å²) in [6.07, 6.45) is 0.991. The Balaban J connectivity index is 2.49. The molecule has 0 aliphatic heterocycles. The van der Waals surface area contributed by atoms with Crippen LogP contribution in [0.3, 0.4) is 0 Å². The Labute approximate surface area is 110 Å². The predicted octanol–water partition coefficient (Wildman–Crippen LogP) is 2.09. The van der Waals surface area contributed by atoms with E-state index >= 15 is 0 Å². The average molecular weight is 266 g/mol. The van der Waals surface area contributed by atoms with E-state index < -0.39 is 0 Å². The van der Waals surface area contributed by atoms with Crippen LogP contribution in [0.25, 0.3) is 10.2 Å². The fourth-order valence-electron chi connectivity index (χ4n) is 1.65. The Morgan fingerprint density at radius 3 is 2.83 bits per heavy atom. The van der Waals surface area contributed by atoms with E-state index in [1.54, 1.807) is 18.4 Å². The molecule has 0 spiro atoms. The molecule has 0 bridgehead atoms. The van der Waals surface area contributed by atoms with Gasteiger partial charge in [0, 0.05) is 18.0 Å². The third-order valence-electron chi connectivity index (χ3n) is 2.67. The smallest absolute Gasteiger partial charge is 0.225 e. The maximum Gasteiger partial charge on any atom is 0.225 e. The molecule has 2 heterocycles. The second-order valence-corrected chi connectivity index (χ2v) is 5.27. The third kappa shape index (κ3) is 2.54. The van der Waals surface area contributed by atoms with E-state index in [4.69, 9.17) is 5.11 Å². The number of aromatic nitrogens is 2. The van der Waals surface area contributed by atoms with Crippen molar-refractivity contribution in [3.63, 3.8) is 0 Å². The van der Waals surface area contributed by atoms with Gasteiger partial charge in [-0.1, -0.05) is 6.92 Å². The summed E-state index contributed by atoms with van der Waals surface area (Å²) in [6, 6.07) is 2.09. The van der Waals surface area contributed by atoms with Crippen molar-refractivity contribution >= 4 is 33.3 Å². The minimum absolute atomic E-state index is 0.0298. The molecule has 5 nitrogen and oxygen atoms in total. The predicted molar refractivity (Wildman–Crippen MR) is 76.5 cm³/mol. The molecular weight excluding hydrogens is 248 g/mol. The first-order chi connectivity index (χ1) is 8.67. The SMILES string of the molecule is CCc1cc2c(NC(C)CO)nc(NC)nc2s1. The topological polar surface area (TPSA) is 70.1 Å². The lowest BCUT2D eigenvalue weighted by Crippen LogP contribution is -2.20. The number of thiophene rings is 1. The van der Waals surface area contributed by atoms with Crippen molar-refractivity contribution in [1.29, 1.82) is 0 Å². The second kappa shape index (κ2) is 5.49. The van der Waals surface area contributed by atoms with E-state index in [9.17, 15) is 0 Å². The highest BCUT2D eigenvalue weighted by Gasteiger charge is 2.12. The summed E-state index contributed by atoms with van der Waals surface area (Å²) in [4.78, 5) is 11.1. The van der Waals surface area contributed by atoms with Gasteiger partial charge in [0.15, 0.2) is 0 Å². The number of nitrogens with zero attached hydrogens (tertiary/aromatic N) is 2. The number of fused-ring (bicyclic) bond motifs is 1. The molecule has 3 N–H and O–H groups in total. The highest BCUT2D eigenvalue weighted by atomic mass is 32.1. The number of rotatable bonds is 5. The van der Waals surface area contributed by atoms with Crippen LogP contribution in [0.4, 0.5) is 11.8 Å². The summed E-state index contributed by atoms with van der Waals surface area (Å²) >= 11 is 1.68. The van der Waals surface area contributed by atoms with Crippen molar-refractivity contribution < 1.29 is 5.11 Å². The van der Waals surface area contributed by atoms with Crippen molar-refractivity contribution in [1.82, 2.24) is 9.97 Å².